The maximum Gasteiger partial charge on any atom is 0.0933 e. The second-order valence-corrected chi connectivity index (χ2v) is 5.39. The standard InChI is InChI=1S/C13H17N3O2S/c1-2-12(19-5-1)13-10(7-15-16-13)6-14-8-11-9-17-3-4-18-11/h1-2,5,7,11,14H,3-4,6,8-9H2,(H,15,16). The molecule has 1 saturated heterocycles. The predicted octanol–water partition coefficient (Wildman–Crippen LogP) is 1.64. The summed E-state index contributed by atoms with van der Waals surface area (Å²) in [5.74, 6) is 0. The van der Waals surface area contributed by atoms with E-state index in [1.165, 1.54) is 10.4 Å². The second-order valence-electron chi connectivity index (χ2n) is 4.45. The normalized spacial score (nSPS) is 19.7. The molecule has 0 aliphatic carbocycles. The molecule has 1 unspecified atom stereocenters. The summed E-state index contributed by atoms with van der Waals surface area (Å²) in [5, 5.41) is 12.7. The highest BCUT2D eigenvalue weighted by Gasteiger charge is 2.14. The Morgan fingerprint density at radius 2 is 2.47 bits per heavy atom. The lowest BCUT2D eigenvalue weighted by atomic mass is 10.2. The lowest BCUT2D eigenvalue weighted by Crippen LogP contribution is -2.37. The van der Waals surface area contributed by atoms with Gasteiger partial charge < -0.3 is 14.8 Å². The van der Waals surface area contributed by atoms with Gasteiger partial charge in [-0.15, -0.1) is 11.3 Å². The lowest BCUT2D eigenvalue weighted by molar-refractivity contribution is -0.0864. The Morgan fingerprint density at radius 3 is 3.26 bits per heavy atom. The van der Waals surface area contributed by atoms with E-state index >= 15 is 0 Å². The number of ether oxygens (including phenoxy) is 2. The van der Waals surface area contributed by atoms with E-state index in [9.17, 15) is 0 Å². The van der Waals surface area contributed by atoms with Crippen molar-refractivity contribution in [3.63, 3.8) is 0 Å². The molecule has 2 N–H and O–H groups in total. The van der Waals surface area contributed by atoms with Gasteiger partial charge in [-0.2, -0.15) is 5.10 Å². The number of aromatic nitrogens is 2. The highest BCUT2D eigenvalue weighted by Crippen LogP contribution is 2.25. The third-order valence-corrected chi connectivity index (χ3v) is 3.95. The van der Waals surface area contributed by atoms with Gasteiger partial charge in [-0.3, -0.25) is 5.10 Å². The molecule has 0 bridgehead atoms. The van der Waals surface area contributed by atoms with Gasteiger partial charge in [-0.25, -0.2) is 0 Å². The molecule has 2 aromatic rings. The van der Waals surface area contributed by atoms with Crippen LogP contribution in [0.2, 0.25) is 0 Å². The van der Waals surface area contributed by atoms with Crippen LogP contribution in [0.3, 0.4) is 0 Å². The predicted molar refractivity (Wildman–Crippen MR) is 74.2 cm³/mol. The number of nitrogens with zero attached hydrogens (tertiary/aromatic N) is 1. The molecule has 1 atom stereocenters. The van der Waals surface area contributed by atoms with E-state index in [-0.39, 0.29) is 6.10 Å². The molecule has 3 rings (SSSR count). The fourth-order valence-electron chi connectivity index (χ4n) is 2.10. The van der Waals surface area contributed by atoms with Crippen LogP contribution in [0.15, 0.2) is 23.7 Å². The van der Waals surface area contributed by atoms with E-state index in [1.54, 1.807) is 11.3 Å². The van der Waals surface area contributed by atoms with Gasteiger partial charge in [0.2, 0.25) is 0 Å². The van der Waals surface area contributed by atoms with Crippen molar-refractivity contribution in [2.75, 3.05) is 26.4 Å². The Bertz CT molecular complexity index is 492. The van der Waals surface area contributed by atoms with Crippen LogP contribution in [0.1, 0.15) is 5.56 Å². The van der Waals surface area contributed by atoms with Gasteiger partial charge in [0.1, 0.15) is 0 Å². The molecule has 0 aromatic carbocycles. The third-order valence-electron chi connectivity index (χ3n) is 3.06. The summed E-state index contributed by atoms with van der Waals surface area (Å²) < 4.78 is 11.0. The summed E-state index contributed by atoms with van der Waals surface area (Å²) in [6.07, 6.45) is 2.03. The molecular weight excluding hydrogens is 262 g/mol. The monoisotopic (exact) mass is 279 g/mol. The zero-order valence-corrected chi connectivity index (χ0v) is 11.4. The van der Waals surface area contributed by atoms with E-state index in [1.807, 2.05) is 12.3 Å². The Morgan fingerprint density at radius 1 is 1.47 bits per heavy atom. The molecule has 2 aromatic heterocycles. The molecule has 0 spiro atoms. The Labute approximate surface area is 115 Å². The molecule has 0 amide bonds. The molecule has 6 heteroatoms. The van der Waals surface area contributed by atoms with Crippen LogP contribution in [-0.4, -0.2) is 42.7 Å². The van der Waals surface area contributed by atoms with Gasteiger partial charge in [0.15, 0.2) is 0 Å². The van der Waals surface area contributed by atoms with Crippen molar-refractivity contribution in [1.29, 1.82) is 0 Å². The molecular formula is C13H17N3O2S. The molecule has 0 saturated carbocycles. The lowest BCUT2D eigenvalue weighted by Gasteiger charge is -2.23. The highest BCUT2D eigenvalue weighted by atomic mass is 32.1. The van der Waals surface area contributed by atoms with Crippen molar-refractivity contribution in [2.24, 2.45) is 0 Å². The summed E-state index contributed by atoms with van der Waals surface area (Å²) in [6.45, 7) is 3.66. The van der Waals surface area contributed by atoms with Crippen LogP contribution in [0.5, 0.6) is 0 Å². The maximum atomic E-state index is 5.59. The van der Waals surface area contributed by atoms with Crippen molar-refractivity contribution in [3.8, 4) is 10.6 Å². The van der Waals surface area contributed by atoms with Crippen molar-refractivity contribution in [3.05, 3.63) is 29.3 Å². The van der Waals surface area contributed by atoms with Crippen LogP contribution in [0.25, 0.3) is 10.6 Å². The average Bonchev–Trinajstić information content (AvgIpc) is 3.10. The Kier molecular flexibility index (Phi) is 4.24. The van der Waals surface area contributed by atoms with Crippen LogP contribution < -0.4 is 5.32 Å². The maximum absolute atomic E-state index is 5.59. The molecule has 0 radical (unpaired) electrons. The van der Waals surface area contributed by atoms with Gasteiger partial charge in [0.25, 0.3) is 0 Å². The van der Waals surface area contributed by atoms with E-state index < -0.39 is 0 Å². The fraction of sp³-hybridized carbons (Fsp3) is 0.462. The molecule has 1 aliphatic rings. The smallest absolute Gasteiger partial charge is 0.0933 e. The van der Waals surface area contributed by atoms with E-state index in [0.717, 1.165) is 18.8 Å². The molecule has 3 heterocycles. The van der Waals surface area contributed by atoms with Gasteiger partial charge in [-0.1, -0.05) is 6.07 Å². The number of hydrogen-bond acceptors (Lipinski definition) is 5. The SMILES string of the molecule is c1csc(-c2[nH]ncc2CNCC2COCCO2)c1. The minimum absolute atomic E-state index is 0.158. The zero-order chi connectivity index (χ0) is 12.9. The quantitative estimate of drug-likeness (QED) is 0.873. The molecule has 1 fully saturated rings. The zero-order valence-electron chi connectivity index (χ0n) is 10.6. The van der Waals surface area contributed by atoms with Crippen LogP contribution in [0, 0.1) is 0 Å². The summed E-state index contributed by atoms with van der Waals surface area (Å²) in [5.41, 5.74) is 2.28. The molecule has 5 nitrogen and oxygen atoms in total. The van der Waals surface area contributed by atoms with Crippen molar-refractivity contribution < 1.29 is 9.47 Å². The first-order chi connectivity index (χ1) is 9.43. The number of thiophene rings is 1. The van der Waals surface area contributed by atoms with Crippen molar-refractivity contribution >= 4 is 11.3 Å². The minimum Gasteiger partial charge on any atom is -0.376 e. The van der Waals surface area contributed by atoms with Crippen molar-refractivity contribution in [2.45, 2.75) is 12.6 Å². The van der Waals surface area contributed by atoms with E-state index in [4.69, 9.17) is 9.47 Å². The summed E-state index contributed by atoms with van der Waals surface area (Å²) in [6, 6.07) is 4.14. The van der Waals surface area contributed by atoms with Crippen LogP contribution >= 0.6 is 11.3 Å². The molecule has 102 valence electrons. The first-order valence-electron chi connectivity index (χ1n) is 6.39. The van der Waals surface area contributed by atoms with Gasteiger partial charge in [0.05, 0.1) is 42.7 Å². The second kappa shape index (κ2) is 6.29. The topological polar surface area (TPSA) is 59.2 Å². The summed E-state index contributed by atoms with van der Waals surface area (Å²) in [4.78, 5) is 1.21. The summed E-state index contributed by atoms with van der Waals surface area (Å²) in [7, 11) is 0. The van der Waals surface area contributed by atoms with Gasteiger partial charge >= 0.3 is 0 Å². The highest BCUT2D eigenvalue weighted by molar-refractivity contribution is 7.13. The molecule has 1 aliphatic heterocycles. The van der Waals surface area contributed by atoms with Crippen LogP contribution in [0.4, 0.5) is 0 Å². The average molecular weight is 279 g/mol. The first kappa shape index (κ1) is 12.8. The number of nitrogens with one attached hydrogen (secondary N) is 2. The van der Waals surface area contributed by atoms with Crippen molar-refractivity contribution in [1.82, 2.24) is 15.5 Å². The third kappa shape index (κ3) is 3.22. The Hall–Kier alpha value is -1.21. The minimum atomic E-state index is 0.158. The van der Waals surface area contributed by atoms with Crippen LogP contribution in [-0.2, 0) is 16.0 Å². The van der Waals surface area contributed by atoms with Gasteiger partial charge in [-0.05, 0) is 11.4 Å². The number of hydrogen-bond donors (Lipinski definition) is 2. The Balaban J connectivity index is 1.54. The summed E-state index contributed by atoms with van der Waals surface area (Å²) >= 11 is 1.71. The van der Waals surface area contributed by atoms with E-state index in [0.29, 0.717) is 19.8 Å². The molecule has 19 heavy (non-hydrogen) atoms. The first-order valence-corrected chi connectivity index (χ1v) is 7.27. The fourth-order valence-corrected chi connectivity index (χ4v) is 2.86. The largest absolute Gasteiger partial charge is 0.376 e. The number of H-pyrrole nitrogens is 1. The number of aromatic amines is 1. The van der Waals surface area contributed by atoms with Gasteiger partial charge in [0, 0.05) is 18.7 Å². The van der Waals surface area contributed by atoms with E-state index in [2.05, 4.69) is 27.0 Å². The number of rotatable bonds is 5.